The van der Waals surface area contributed by atoms with Gasteiger partial charge in [-0.3, -0.25) is 4.79 Å². The Morgan fingerprint density at radius 2 is 1.88 bits per heavy atom. The standard InChI is InChI=1S/C25H37NO6/c1-6-7-8-12-15-19(23(28)30-5)20(27)16-31-24(29)25(4)21(17(2)3)32-22(26-25)18-13-10-9-11-14-18/h9-11,13-14,17,19-21,27H,6-8,12,15-16H2,1-5H3/t19?,20?,21-,25+/m0/s1. The van der Waals surface area contributed by atoms with E-state index in [-0.39, 0.29) is 12.5 Å². The van der Waals surface area contributed by atoms with Gasteiger partial charge in [-0.25, -0.2) is 9.79 Å². The van der Waals surface area contributed by atoms with E-state index < -0.39 is 35.6 Å². The Morgan fingerprint density at radius 1 is 1.19 bits per heavy atom. The Labute approximate surface area is 191 Å². The van der Waals surface area contributed by atoms with E-state index in [0.717, 1.165) is 31.2 Å². The van der Waals surface area contributed by atoms with Crippen molar-refractivity contribution in [1.29, 1.82) is 0 Å². The van der Waals surface area contributed by atoms with Gasteiger partial charge in [0.25, 0.3) is 0 Å². The second-order valence-corrected chi connectivity index (χ2v) is 8.86. The molecule has 2 rings (SSSR count). The topological polar surface area (TPSA) is 94.4 Å². The zero-order chi connectivity index (χ0) is 23.7. The minimum absolute atomic E-state index is 0.00354. The minimum atomic E-state index is -1.25. The summed E-state index contributed by atoms with van der Waals surface area (Å²) >= 11 is 0. The number of methoxy groups -OCH3 is 1. The molecule has 0 saturated heterocycles. The van der Waals surface area contributed by atoms with Crippen LogP contribution < -0.4 is 0 Å². The number of unbranched alkanes of at least 4 members (excludes halogenated alkanes) is 3. The van der Waals surface area contributed by atoms with Crippen LogP contribution in [0.3, 0.4) is 0 Å². The second-order valence-electron chi connectivity index (χ2n) is 8.86. The third-order valence-electron chi connectivity index (χ3n) is 5.89. The normalized spacial score (nSPS) is 22.1. The van der Waals surface area contributed by atoms with Crippen molar-refractivity contribution in [1.82, 2.24) is 0 Å². The average Bonchev–Trinajstić information content (AvgIpc) is 3.16. The lowest BCUT2D eigenvalue weighted by Crippen LogP contribution is -2.48. The van der Waals surface area contributed by atoms with Crippen molar-refractivity contribution in [2.75, 3.05) is 13.7 Å². The van der Waals surface area contributed by atoms with Gasteiger partial charge >= 0.3 is 11.9 Å². The highest BCUT2D eigenvalue weighted by Gasteiger charge is 2.51. The van der Waals surface area contributed by atoms with Gasteiger partial charge in [-0.2, -0.15) is 0 Å². The molecule has 0 radical (unpaired) electrons. The highest BCUT2D eigenvalue weighted by atomic mass is 16.6. The van der Waals surface area contributed by atoms with Crippen LogP contribution in [0.15, 0.2) is 35.3 Å². The van der Waals surface area contributed by atoms with Crippen molar-refractivity contribution < 1.29 is 28.9 Å². The number of esters is 2. The Kier molecular flexibility index (Phi) is 9.69. The first-order chi connectivity index (χ1) is 15.2. The van der Waals surface area contributed by atoms with Gasteiger partial charge in [0.15, 0.2) is 5.54 Å². The number of rotatable bonds is 12. The number of nitrogens with zero attached hydrogens (tertiary/aromatic N) is 1. The number of carbonyl (C=O) groups is 2. The van der Waals surface area contributed by atoms with Gasteiger partial charge in [0.1, 0.15) is 18.8 Å². The van der Waals surface area contributed by atoms with E-state index in [2.05, 4.69) is 11.9 Å². The van der Waals surface area contributed by atoms with E-state index in [1.54, 1.807) is 6.92 Å². The first-order valence-electron chi connectivity index (χ1n) is 11.5. The molecule has 0 spiro atoms. The van der Waals surface area contributed by atoms with Crippen LogP contribution in [0.25, 0.3) is 0 Å². The van der Waals surface area contributed by atoms with E-state index in [1.165, 1.54) is 7.11 Å². The lowest BCUT2D eigenvalue weighted by molar-refractivity contribution is -0.162. The van der Waals surface area contributed by atoms with Crippen molar-refractivity contribution in [3.63, 3.8) is 0 Å². The third kappa shape index (κ3) is 6.31. The molecule has 0 aromatic heterocycles. The van der Waals surface area contributed by atoms with Crippen molar-refractivity contribution in [3.8, 4) is 0 Å². The molecule has 1 heterocycles. The summed E-state index contributed by atoms with van der Waals surface area (Å²) in [5.74, 6) is -1.42. The first-order valence-corrected chi connectivity index (χ1v) is 11.5. The first kappa shape index (κ1) is 25.8. The van der Waals surface area contributed by atoms with Crippen molar-refractivity contribution in [2.45, 2.75) is 77.5 Å². The summed E-state index contributed by atoms with van der Waals surface area (Å²) in [5, 5.41) is 10.6. The number of hydrogen-bond acceptors (Lipinski definition) is 7. The molecule has 7 heteroatoms. The van der Waals surface area contributed by atoms with Gasteiger partial charge in [0, 0.05) is 5.56 Å². The molecule has 1 aromatic carbocycles. The Balaban J connectivity index is 2.09. The summed E-state index contributed by atoms with van der Waals surface area (Å²) in [4.78, 5) is 29.8. The van der Waals surface area contributed by atoms with E-state index >= 15 is 0 Å². The molecule has 0 saturated carbocycles. The highest BCUT2D eigenvalue weighted by Crippen LogP contribution is 2.34. The van der Waals surface area contributed by atoms with Gasteiger partial charge in [0.2, 0.25) is 5.90 Å². The van der Waals surface area contributed by atoms with Crippen LogP contribution in [-0.4, -0.2) is 54.4 Å². The molecule has 0 bridgehead atoms. The minimum Gasteiger partial charge on any atom is -0.471 e. The maximum absolute atomic E-state index is 13.1. The summed E-state index contributed by atoms with van der Waals surface area (Å²) in [6.07, 6.45) is 2.74. The Bertz CT molecular complexity index is 778. The molecule has 0 amide bonds. The number of aliphatic imine (C=N–C) groups is 1. The predicted octanol–water partition coefficient (Wildman–Crippen LogP) is 3.91. The zero-order valence-electron chi connectivity index (χ0n) is 19.9. The third-order valence-corrected chi connectivity index (χ3v) is 5.89. The molecule has 32 heavy (non-hydrogen) atoms. The van der Waals surface area contributed by atoms with Gasteiger partial charge in [0.05, 0.1) is 13.0 Å². The Morgan fingerprint density at radius 3 is 2.47 bits per heavy atom. The molecule has 1 N–H and O–H groups in total. The quantitative estimate of drug-likeness (QED) is 0.386. The summed E-state index contributed by atoms with van der Waals surface area (Å²) in [6.45, 7) is 7.40. The van der Waals surface area contributed by atoms with Crippen LogP contribution >= 0.6 is 0 Å². The van der Waals surface area contributed by atoms with Crippen LogP contribution in [0.2, 0.25) is 0 Å². The molecule has 4 atom stereocenters. The largest absolute Gasteiger partial charge is 0.471 e. The fourth-order valence-corrected chi connectivity index (χ4v) is 4.03. The zero-order valence-corrected chi connectivity index (χ0v) is 19.9. The van der Waals surface area contributed by atoms with E-state index in [1.807, 2.05) is 44.2 Å². The molecule has 1 aromatic rings. The fraction of sp³-hybridized carbons (Fsp3) is 0.640. The molecular weight excluding hydrogens is 410 g/mol. The van der Waals surface area contributed by atoms with Gasteiger partial charge in [-0.05, 0) is 31.4 Å². The van der Waals surface area contributed by atoms with Gasteiger partial charge in [-0.15, -0.1) is 0 Å². The SMILES string of the molecule is CCCCCCC(C(=O)OC)C(O)COC(=O)[C@]1(C)N=C(c2ccccc2)O[C@H]1C(C)C. The number of hydrogen-bond donors (Lipinski definition) is 1. The molecule has 0 aliphatic carbocycles. The molecule has 2 unspecified atom stereocenters. The molecule has 7 nitrogen and oxygen atoms in total. The predicted molar refractivity (Wildman–Crippen MR) is 122 cm³/mol. The van der Waals surface area contributed by atoms with Crippen LogP contribution in [0.5, 0.6) is 0 Å². The van der Waals surface area contributed by atoms with Crippen LogP contribution in [0.1, 0.15) is 65.4 Å². The molecule has 0 fully saturated rings. The van der Waals surface area contributed by atoms with Crippen LogP contribution in [0.4, 0.5) is 0 Å². The number of aliphatic hydroxyl groups excluding tert-OH is 1. The lowest BCUT2D eigenvalue weighted by Gasteiger charge is -2.29. The van der Waals surface area contributed by atoms with Crippen LogP contribution in [-0.2, 0) is 23.8 Å². The van der Waals surface area contributed by atoms with Crippen LogP contribution in [0, 0.1) is 11.8 Å². The van der Waals surface area contributed by atoms with E-state index in [4.69, 9.17) is 14.2 Å². The summed E-state index contributed by atoms with van der Waals surface area (Å²) in [6, 6.07) is 9.40. The number of ether oxygens (including phenoxy) is 3. The van der Waals surface area contributed by atoms with Crippen molar-refractivity contribution >= 4 is 17.8 Å². The molecule has 1 aliphatic rings. The van der Waals surface area contributed by atoms with Gasteiger partial charge < -0.3 is 19.3 Å². The number of benzene rings is 1. The molecule has 178 valence electrons. The molecule has 1 aliphatic heterocycles. The second kappa shape index (κ2) is 12.0. The Hall–Kier alpha value is -2.41. The van der Waals surface area contributed by atoms with Crippen molar-refractivity contribution in [2.24, 2.45) is 16.8 Å². The summed E-state index contributed by atoms with van der Waals surface area (Å²) < 4.78 is 16.4. The van der Waals surface area contributed by atoms with Gasteiger partial charge in [-0.1, -0.05) is 64.7 Å². The van der Waals surface area contributed by atoms with E-state index in [9.17, 15) is 14.7 Å². The number of carbonyl (C=O) groups excluding carboxylic acids is 2. The number of aliphatic hydroxyl groups is 1. The maximum Gasteiger partial charge on any atom is 0.337 e. The fourth-order valence-electron chi connectivity index (χ4n) is 4.03. The monoisotopic (exact) mass is 447 g/mol. The molecular formula is C25H37NO6. The van der Waals surface area contributed by atoms with Crippen molar-refractivity contribution in [3.05, 3.63) is 35.9 Å². The summed E-state index contributed by atoms with van der Waals surface area (Å²) in [5.41, 5.74) is -0.464. The van der Waals surface area contributed by atoms with E-state index in [0.29, 0.717) is 12.3 Å². The maximum atomic E-state index is 13.1. The highest BCUT2D eigenvalue weighted by molar-refractivity contribution is 5.99. The smallest absolute Gasteiger partial charge is 0.337 e. The lowest BCUT2D eigenvalue weighted by atomic mass is 9.88. The summed E-state index contributed by atoms with van der Waals surface area (Å²) in [7, 11) is 1.30. The average molecular weight is 448 g/mol.